The standard InChI is InChI=1S/C12H16N2O3/c1-3-8(4-2)11(15)14-9-5-6-13-10(7-9)12(16)17/h5-8H,3-4H2,1-2H3,(H,16,17)(H,13,14,15). The van der Waals surface area contributed by atoms with Crippen molar-refractivity contribution in [3.05, 3.63) is 24.0 Å². The van der Waals surface area contributed by atoms with Crippen molar-refractivity contribution in [2.45, 2.75) is 26.7 Å². The molecule has 0 spiro atoms. The number of carboxylic acid groups (broad SMARTS) is 1. The molecule has 0 aromatic carbocycles. The van der Waals surface area contributed by atoms with Gasteiger partial charge in [-0.05, 0) is 25.0 Å². The third-order valence-electron chi connectivity index (χ3n) is 2.60. The van der Waals surface area contributed by atoms with Crippen molar-refractivity contribution >= 4 is 17.6 Å². The monoisotopic (exact) mass is 236 g/mol. The van der Waals surface area contributed by atoms with Crippen molar-refractivity contribution in [3.8, 4) is 0 Å². The minimum Gasteiger partial charge on any atom is -0.477 e. The maximum atomic E-state index is 11.8. The van der Waals surface area contributed by atoms with E-state index in [0.717, 1.165) is 12.8 Å². The number of carbonyl (C=O) groups excluding carboxylic acids is 1. The van der Waals surface area contributed by atoms with Gasteiger partial charge in [-0.25, -0.2) is 9.78 Å². The first-order valence-electron chi connectivity index (χ1n) is 5.58. The lowest BCUT2D eigenvalue weighted by Gasteiger charge is -2.12. The smallest absolute Gasteiger partial charge is 0.354 e. The van der Waals surface area contributed by atoms with E-state index in [2.05, 4.69) is 10.3 Å². The van der Waals surface area contributed by atoms with E-state index < -0.39 is 5.97 Å². The van der Waals surface area contributed by atoms with Gasteiger partial charge >= 0.3 is 5.97 Å². The van der Waals surface area contributed by atoms with Gasteiger partial charge in [0.1, 0.15) is 5.69 Å². The minimum absolute atomic E-state index is 0.0450. The number of anilines is 1. The summed E-state index contributed by atoms with van der Waals surface area (Å²) in [6, 6.07) is 2.93. The second-order valence-corrected chi connectivity index (χ2v) is 3.74. The van der Waals surface area contributed by atoms with Crippen LogP contribution in [-0.4, -0.2) is 22.0 Å². The van der Waals surface area contributed by atoms with E-state index in [4.69, 9.17) is 5.11 Å². The lowest BCUT2D eigenvalue weighted by molar-refractivity contribution is -0.120. The summed E-state index contributed by atoms with van der Waals surface area (Å²) in [4.78, 5) is 26.2. The van der Waals surface area contributed by atoms with E-state index in [1.165, 1.54) is 12.3 Å². The molecule has 0 aliphatic rings. The Labute approximate surface area is 99.9 Å². The van der Waals surface area contributed by atoms with Crippen LogP contribution in [0.3, 0.4) is 0 Å². The first-order chi connectivity index (χ1) is 8.08. The Morgan fingerprint density at radius 1 is 1.41 bits per heavy atom. The zero-order valence-electron chi connectivity index (χ0n) is 9.93. The summed E-state index contributed by atoms with van der Waals surface area (Å²) in [6.45, 7) is 3.89. The molecule has 92 valence electrons. The second-order valence-electron chi connectivity index (χ2n) is 3.74. The summed E-state index contributed by atoms with van der Waals surface area (Å²) >= 11 is 0. The van der Waals surface area contributed by atoms with Crippen LogP contribution in [0.25, 0.3) is 0 Å². The van der Waals surface area contributed by atoms with Gasteiger partial charge in [0.05, 0.1) is 0 Å². The Bertz CT molecular complexity index is 414. The van der Waals surface area contributed by atoms with Crippen LogP contribution in [0, 0.1) is 5.92 Å². The van der Waals surface area contributed by atoms with Crippen LogP contribution in [0.1, 0.15) is 37.2 Å². The summed E-state index contributed by atoms with van der Waals surface area (Å²) < 4.78 is 0. The molecule has 0 unspecified atom stereocenters. The van der Waals surface area contributed by atoms with Crippen LogP contribution in [0.2, 0.25) is 0 Å². The maximum Gasteiger partial charge on any atom is 0.354 e. The number of amides is 1. The number of rotatable bonds is 5. The molecule has 5 heteroatoms. The van der Waals surface area contributed by atoms with Gasteiger partial charge in [-0.1, -0.05) is 13.8 Å². The summed E-state index contributed by atoms with van der Waals surface area (Å²) in [5, 5.41) is 11.5. The van der Waals surface area contributed by atoms with Crippen LogP contribution in [0.15, 0.2) is 18.3 Å². The van der Waals surface area contributed by atoms with Crippen molar-refractivity contribution in [3.63, 3.8) is 0 Å². The summed E-state index contributed by atoms with van der Waals surface area (Å²) in [6.07, 6.45) is 2.89. The van der Waals surface area contributed by atoms with E-state index in [1.54, 1.807) is 6.07 Å². The minimum atomic E-state index is -1.11. The number of aromatic nitrogens is 1. The van der Waals surface area contributed by atoms with Gasteiger partial charge < -0.3 is 10.4 Å². The molecule has 1 aromatic heterocycles. The third kappa shape index (κ3) is 3.55. The first kappa shape index (κ1) is 13.2. The molecule has 5 nitrogen and oxygen atoms in total. The molecule has 0 aliphatic heterocycles. The fraction of sp³-hybridized carbons (Fsp3) is 0.417. The summed E-state index contributed by atoms with van der Waals surface area (Å²) in [7, 11) is 0. The maximum absolute atomic E-state index is 11.8. The van der Waals surface area contributed by atoms with E-state index >= 15 is 0 Å². The number of aromatic carboxylic acids is 1. The molecule has 1 rings (SSSR count). The Kier molecular flexibility index (Phi) is 4.63. The van der Waals surface area contributed by atoms with Gasteiger partial charge in [0.15, 0.2) is 0 Å². The molecule has 0 atom stereocenters. The highest BCUT2D eigenvalue weighted by Gasteiger charge is 2.14. The largest absolute Gasteiger partial charge is 0.477 e. The fourth-order valence-corrected chi connectivity index (χ4v) is 1.53. The molecule has 0 saturated carbocycles. The average molecular weight is 236 g/mol. The third-order valence-corrected chi connectivity index (χ3v) is 2.60. The number of carboxylic acids is 1. The highest BCUT2D eigenvalue weighted by Crippen LogP contribution is 2.13. The van der Waals surface area contributed by atoms with E-state index in [-0.39, 0.29) is 17.5 Å². The van der Waals surface area contributed by atoms with Gasteiger partial charge in [0, 0.05) is 17.8 Å². The van der Waals surface area contributed by atoms with Crippen LogP contribution in [0.4, 0.5) is 5.69 Å². The van der Waals surface area contributed by atoms with Crippen molar-refractivity contribution in [2.75, 3.05) is 5.32 Å². The molecule has 1 amide bonds. The quantitative estimate of drug-likeness (QED) is 0.821. The average Bonchev–Trinajstić information content (AvgIpc) is 2.30. The summed E-state index contributed by atoms with van der Waals surface area (Å²) in [5.41, 5.74) is 0.390. The number of nitrogens with zero attached hydrogens (tertiary/aromatic N) is 1. The molecule has 1 heterocycles. The Morgan fingerprint density at radius 3 is 2.59 bits per heavy atom. The number of hydrogen-bond acceptors (Lipinski definition) is 3. The molecule has 1 aromatic rings. The van der Waals surface area contributed by atoms with E-state index in [0.29, 0.717) is 5.69 Å². The van der Waals surface area contributed by atoms with Crippen molar-refractivity contribution in [1.29, 1.82) is 0 Å². The van der Waals surface area contributed by atoms with Crippen LogP contribution in [-0.2, 0) is 4.79 Å². The number of carbonyl (C=O) groups is 2. The molecule has 0 aliphatic carbocycles. The van der Waals surface area contributed by atoms with Gasteiger partial charge in [0.25, 0.3) is 0 Å². The normalized spacial score (nSPS) is 10.3. The van der Waals surface area contributed by atoms with Crippen LogP contribution < -0.4 is 5.32 Å². The lowest BCUT2D eigenvalue weighted by atomic mass is 10.0. The zero-order valence-corrected chi connectivity index (χ0v) is 9.93. The molecular formula is C12H16N2O3. The Balaban J connectivity index is 2.78. The molecule has 0 fully saturated rings. The number of hydrogen-bond donors (Lipinski definition) is 2. The van der Waals surface area contributed by atoms with E-state index in [9.17, 15) is 9.59 Å². The molecular weight excluding hydrogens is 220 g/mol. The highest BCUT2D eigenvalue weighted by molar-refractivity contribution is 5.94. The Hall–Kier alpha value is -1.91. The van der Waals surface area contributed by atoms with Gasteiger partial charge in [-0.3, -0.25) is 4.79 Å². The predicted octanol–water partition coefficient (Wildman–Crippen LogP) is 2.15. The first-order valence-corrected chi connectivity index (χ1v) is 5.58. The zero-order chi connectivity index (χ0) is 12.8. The van der Waals surface area contributed by atoms with Crippen molar-refractivity contribution in [1.82, 2.24) is 4.98 Å². The molecule has 2 N–H and O–H groups in total. The summed E-state index contributed by atoms with van der Waals surface area (Å²) in [5.74, 6) is -1.24. The SMILES string of the molecule is CCC(CC)C(=O)Nc1ccnc(C(=O)O)c1. The number of pyridine rings is 1. The van der Waals surface area contributed by atoms with Gasteiger partial charge in [-0.2, -0.15) is 0 Å². The lowest BCUT2D eigenvalue weighted by Crippen LogP contribution is -2.21. The second kappa shape index (κ2) is 5.98. The molecule has 0 saturated heterocycles. The topological polar surface area (TPSA) is 79.3 Å². The van der Waals surface area contributed by atoms with E-state index in [1.807, 2.05) is 13.8 Å². The van der Waals surface area contributed by atoms with Crippen LogP contribution in [0.5, 0.6) is 0 Å². The van der Waals surface area contributed by atoms with Gasteiger partial charge in [-0.15, -0.1) is 0 Å². The van der Waals surface area contributed by atoms with Crippen molar-refractivity contribution < 1.29 is 14.7 Å². The number of nitrogens with one attached hydrogen (secondary N) is 1. The fourth-order valence-electron chi connectivity index (χ4n) is 1.53. The van der Waals surface area contributed by atoms with Crippen LogP contribution >= 0.6 is 0 Å². The molecule has 0 radical (unpaired) electrons. The van der Waals surface area contributed by atoms with Crippen molar-refractivity contribution in [2.24, 2.45) is 5.92 Å². The molecule has 17 heavy (non-hydrogen) atoms. The predicted molar refractivity (Wildman–Crippen MR) is 63.9 cm³/mol. The van der Waals surface area contributed by atoms with Gasteiger partial charge in [0.2, 0.25) is 5.91 Å². The molecule has 0 bridgehead atoms. The highest BCUT2D eigenvalue weighted by atomic mass is 16.4. The Morgan fingerprint density at radius 2 is 2.06 bits per heavy atom.